The van der Waals surface area contributed by atoms with Crippen LogP contribution in [-0.2, 0) is 19.1 Å². The van der Waals surface area contributed by atoms with E-state index in [1.165, 1.54) is 0 Å². The third-order valence-electron chi connectivity index (χ3n) is 5.98. The Morgan fingerprint density at radius 2 is 2.00 bits per heavy atom. The number of nitrogens with zero attached hydrogens (tertiary/aromatic N) is 1. The maximum Gasteiger partial charge on any atom is 0.262 e. The third-order valence-corrected chi connectivity index (χ3v) is 6.87. The van der Waals surface area contributed by atoms with Gasteiger partial charge in [-0.1, -0.05) is 15.9 Å². The molecule has 180 valence electrons. The molecule has 2 heterocycles. The van der Waals surface area contributed by atoms with Gasteiger partial charge in [-0.05, 0) is 67.8 Å². The van der Waals surface area contributed by atoms with Gasteiger partial charge in [-0.3, -0.25) is 14.4 Å². The minimum absolute atomic E-state index is 0.0748. The molecule has 2 saturated heterocycles. The first-order valence-corrected chi connectivity index (χ1v) is 12.2. The summed E-state index contributed by atoms with van der Waals surface area (Å²) in [5, 5.41) is 5.72. The highest BCUT2D eigenvalue weighted by Gasteiger charge is 2.35. The summed E-state index contributed by atoms with van der Waals surface area (Å²) < 4.78 is 12.1. The summed E-state index contributed by atoms with van der Waals surface area (Å²) in [5.41, 5.74) is 2.42. The summed E-state index contributed by atoms with van der Waals surface area (Å²) in [5.74, 6) is -0.329. The lowest BCUT2D eigenvalue weighted by molar-refractivity contribution is -0.126. The van der Waals surface area contributed by atoms with Crippen LogP contribution in [0.5, 0.6) is 5.75 Å². The van der Waals surface area contributed by atoms with Crippen LogP contribution in [0.4, 0.5) is 11.4 Å². The van der Waals surface area contributed by atoms with Crippen LogP contribution in [0.2, 0.25) is 0 Å². The fourth-order valence-electron chi connectivity index (χ4n) is 4.09. The smallest absolute Gasteiger partial charge is 0.262 e. The summed E-state index contributed by atoms with van der Waals surface area (Å²) in [6.07, 6.45) is 2.23. The van der Waals surface area contributed by atoms with Crippen molar-refractivity contribution in [3.63, 3.8) is 0 Å². The highest BCUT2D eigenvalue weighted by Crippen LogP contribution is 2.27. The van der Waals surface area contributed by atoms with E-state index in [0.29, 0.717) is 30.2 Å². The van der Waals surface area contributed by atoms with Crippen LogP contribution in [0.3, 0.4) is 0 Å². The zero-order chi connectivity index (χ0) is 24.1. The van der Waals surface area contributed by atoms with Crippen LogP contribution >= 0.6 is 15.9 Å². The number of amides is 3. The minimum Gasteiger partial charge on any atom is -0.484 e. The van der Waals surface area contributed by atoms with Gasteiger partial charge in [0.05, 0.1) is 12.0 Å². The molecule has 0 aliphatic carbocycles. The van der Waals surface area contributed by atoms with E-state index in [-0.39, 0.29) is 42.8 Å². The monoisotopic (exact) mass is 529 g/mol. The van der Waals surface area contributed by atoms with E-state index < -0.39 is 0 Å². The second kappa shape index (κ2) is 11.0. The van der Waals surface area contributed by atoms with E-state index >= 15 is 0 Å². The average molecular weight is 530 g/mol. The van der Waals surface area contributed by atoms with Gasteiger partial charge >= 0.3 is 0 Å². The Labute approximate surface area is 207 Å². The molecule has 2 aromatic carbocycles. The average Bonchev–Trinajstić information content (AvgIpc) is 3.49. The van der Waals surface area contributed by atoms with Crippen molar-refractivity contribution >= 4 is 45.0 Å². The van der Waals surface area contributed by atoms with Crippen molar-refractivity contribution in [2.75, 3.05) is 36.5 Å². The second-order valence-corrected chi connectivity index (χ2v) is 9.43. The number of hydrogen-bond acceptors (Lipinski definition) is 5. The normalized spacial score (nSPS) is 19.8. The van der Waals surface area contributed by atoms with Gasteiger partial charge in [0.1, 0.15) is 5.75 Å². The molecule has 2 N–H and O–H groups in total. The summed E-state index contributed by atoms with van der Waals surface area (Å²) in [6, 6.07) is 12.5. The maximum absolute atomic E-state index is 12.5. The SMILES string of the molecule is Cc1cc(NC(=O)COc2ccc(N3C[C@H](C(=O)NC[C@H]4CCCO4)CC3=O)cc2)ccc1Br. The van der Waals surface area contributed by atoms with Crippen molar-refractivity contribution < 1.29 is 23.9 Å². The van der Waals surface area contributed by atoms with Crippen LogP contribution in [0.25, 0.3) is 0 Å². The summed E-state index contributed by atoms with van der Waals surface area (Å²) >= 11 is 3.43. The van der Waals surface area contributed by atoms with Crippen molar-refractivity contribution in [2.24, 2.45) is 5.92 Å². The molecule has 34 heavy (non-hydrogen) atoms. The number of halogens is 1. The molecule has 0 aromatic heterocycles. The maximum atomic E-state index is 12.5. The van der Waals surface area contributed by atoms with Gasteiger partial charge in [-0.25, -0.2) is 0 Å². The van der Waals surface area contributed by atoms with E-state index in [0.717, 1.165) is 29.5 Å². The topological polar surface area (TPSA) is 97.0 Å². The predicted octanol–water partition coefficient (Wildman–Crippen LogP) is 3.42. The van der Waals surface area contributed by atoms with Gasteiger partial charge in [0.15, 0.2) is 6.61 Å². The Morgan fingerprint density at radius 1 is 1.21 bits per heavy atom. The van der Waals surface area contributed by atoms with Gasteiger partial charge < -0.3 is 25.0 Å². The van der Waals surface area contributed by atoms with Crippen molar-refractivity contribution in [3.8, 4) is 5.75 Å². The molecule has 2 aliphatic rings. The molecule has 0 radical (unpaired) electrons. The lowest BCUT2D eigenvalue weighted by atomic mass is 10.1. The Morgan fingerprint density at radius 3 is 2.71 bits per heavy atom. The Kier molecular flexibility index (Phi) is 7.84. The molecule has 0 saturated carbocycles. The zero-order valence-corrected chi connectivity index (χ0v) is 20.6. The van der Waals surface area contributed by atoms with Crippen molar-refractivity contribution in [2.45, 2.75) is 32.3 Å². The Bertz CT molecular complexity index is 1050. The van der Waals surface area contributed by atoms with E-state index in [9.17, 15) is 14.4 Å². The molecule has 2 aromatic rings. The standard InChI is InChI=1S/C25H28BrN3O5/c1-16-11-18(4-9-22(16)26)28-23(30)15-34-20-7-5-19(6-8-20)29-14-17(12-24(29)31)25(32)27-13-21-3-2-10-33-21/h4-9,11,17,21H,2-3,10,12-15H2,1H3,(H,27,32)(H,28,30)/t17-,21-/m1/s1. The van der Waals surface area contributed by atoms with Crippen LogP contribution in [0.1, 0.15) is 24.8 Å². The molecule has 3 amide bonds. The largest absolute Gasteiger partial charge is 0.484 e. The first kappa shape index (κ1) is 24.2. The number of rotatable bonds is 8. The molecule has 4 rings (SSSR count). The third kappa shape index (κ3) is 6.15. The molecule has 8 nitrogen and oxygen atoms in total. The van der Waals surface area contributed by atoms with Crippen LogP contribution < -0.4 is 20.3 Å². The fraction of sp³-hybridized carbons (Fsp3) is 0.400. The number of carbonyl (C=O) groups excluding carboxylic acids is 3. The van der Waals surface area contributed by atoms with Crippen LogP contribution in [-0.4, -0.2) is 50.1 Å². The highest BCUT2D eigenvalue weighted by molar-refractivity contribution is 9.10. The summed E-state index contributed by atoms with van der Waals surface area (Å²) in [6.45, 7) is 3.38. The molecule has 0 unspecified atom stereocenters. The molecular weight excluding hydrogens is 502 g/mol. The van der Waals surface area contributed by atoms with Gasteiger partial charge in [-0.15, -0.1) is 0 Å². The van der Waals surface area contributed by atoms with Crippen LogP contribution in [0.15, 0.2) is 46.9 Å². The van der Waals surface area contributed by atoms with Crippen molar-refractivity contribution in [1.82, 2.24) is 5.32 Å². The summed E-state index contributed by atoms with van der Waals surface area (Å²) in [7, 11) is 0. The molecule has 2 atom stereocenters. The van der Waals surface area contributed by atoms with Gasteiger partial charge in [0, 0.05) is 42.0 Å². The lowest BCUT2D eigenvalue weighted by Gasteiger charge is -2.18. The Balaban J connectivity index is 1.25. The van der Waals surface area contributed by atoms with E-state index in [2.05, 4.69) is 26.6 Å². The number of aryl methyl sites for hydroxylation is 1. The highest BCUT2D eigenvalue weighted by atomic mass is 79.9. The van der Waals surface area contributed by atoms with Crippen molar-refractivity contribution in [1.29, 1.82) is 0 Å². The molecule has 0 bridgehead atoms. The molecular formula is C25H28BrN3O5. The molecule has 2 aliphatic heterocycles. The number of carbonyl (C=O) groups is 3. The fourth-order valence-corrected chi connectivity index (χ4v) is 4.33. The Hall–Kier alpha value is -2.91. The van der Waals surface area contributed by atoms with Crippen LogP contribution in [0, 0.1) is 12.8 Å². The zero-order valence-electron chi connectivity index (χ0n) is 19.0. The predicted molar refractivity (Wildman–Crippen MR) is 132 cm³/mol. The van der Waals surface area contributed by atoms with Gasteiger partial charge in [0.25, 0.3) is 5.91 Å². The molecule has 9 heteroatoms. The number of ether oxygens (including phenoxy) is 2. The lowest BCUT2D eigenvalue weighted by Crippen LogP contribution is -2.37. The van der Waals surface area contributed by atoms with Gasteiger partial charge in [0.2, 0.25) is 11.8 Å². The van der Waals surface area contributed by atoms with E-state index in [4.69, 9.17) is 9.47 Å². The quantitative estimate of drug-likeness (QED) is 0.546. The van der Waals surface area contributed by atoms with E-state index in [1.807, 2.05) is 25.1 Å². The minimum atomic E-state index is -0.379. The number of hydrogen-bond donors (Lipinski definition) is 2. The summed E-state index contributed by atoms with van der Waals surface area (Å²) in [4.78, 5) is 38.8. The van der Waals surface area contributed by atoms with Gasteiger partial charge in [-0.2, -0.15) is 0 Å². The van der Waals surface area contributed by atoms with Crippen molar-refractivity contribution in [3.05, 3.63) is 52.5 Å². The second-order valence-electron chi connectivity index (χ2n) is 8.58. The first-order chi connectivity index (χ1) is 16.4. The van der Waals surface area contributed by atoms with E-state index in [1.54, 1.807) is 29.2 Å². The first-order valence-electron chi connectivity index (χ1n) is 11.4. The number of benzene rings is 2. The molecule has 2 fully saturated rings. The molecule has 0 spiro atoms. The number of nitrogens with one attached hydrogen (secondary N) is 2. The number of anilines is 2.